The molecule has 1 heteroatoms. The van der Waals surface area contributed by atoms with Gasteiger partial charge in [0.15, 0.2) is 0 Å². The van der Waals surface area contributed by atoms with Crippen molar-refractivity contribution in [1.29, 1.82) is 0 Å². The summed E-state index contributed by atoms with van der Waals surface area (Å²) in [6.45, 7) is 9.76. The number of allylic oxidation sites excluding steroid dienone is 2. The van der Waals surface area contributed by atoms with E-state index >= 15 is 0 Å². The average Bonchev–Trinajstić information content (AvgIpc) is 2.25. The van der Waals surface area contributed by atoms with Crippen molar-refractivity contribution in [3.63, 3.8) is 0 Å². The first kappa shape index (κ1) is 11.4. The van der Waals surface area contributed by atoms with Crippen molar-refractivity contribution in [3.8, 4) is 0 Å². The van der Waals surface area contributed by atoms with Crippen LogP contribution in [-0.2, 0) is 0 Å². The zero-order chi connectivity index (χ0) is 11.3. The molecule has 0 N–H and O–H groups in total. The van der Waals surface area contributed by atoms with Crippen LogP contribution in [0.3, 0.4) is 0 Å². The van der Waals surface area contributed by atoms with Gasteiger partial charge in [0, 0.05) is 11.9 Å². The lowest BCUT2D eigenvalue weighted by Crippen LogP contribution is -1.83. The van der Waals surface area contributed by atoms with E-state index in [4.69, 9.17) is 0 Å². The van der Waals surface area contributed by atoms with Crippen molar-refractivity contribution < 1.29 is 0 Å². The lowest BCUT2D eigenvalue weighted by molar-refractivity contribution is 1.42. The molecule has 0 fully saturated rings. The summed E-state index contributed by atoms with van der Waals surface area (Å²) in [7, 11) is 0. The van der Waals surface area contributed by atoms with Crippen LogP contribution in [0.5, 0.6) is 0 Å². The van der Waals surface area contributed by atoms with E-state index in [-0.39, 0.29) is 0 Å². The Balaban J connectivity index is 2.94. The number of aryl methyl sites for hydroxylation is 1. The maximum Gasteiger partial charge on any atom is 0.0366 e. The van der Waals surface area contributed by atoms with Gasteiger partial charge in [0.05, 0.1) is 0 Å². The lowest BCUT2D eigenvalue weighted by Gasteiger charge is -2.01. The molecule has 15 heavy (non-hydrogen) atoms. The molecule has 1 aromatic rings. The summed E-state index contributed by atoms with van der Waals surface area (Å²) >= 11 is 0. The molecule has 78 valence electrons. The first-order valence-corrected chi connectivity index (χ1v) is 5.04. The van der Waals surface area contributed by atoms with Crippen LogP contribution in [0.15, 0.2) is 48.1 Å². The highest BCUT2D eigenvalue weighted by Crippen LogP contribution is 2.14. The summed E-state index contributed by atoms with van der Waals surface area (Å²) in [5.74, 6) is 0. The van der Waals surface area contributed by atoms with Gasteiger partial charge in [0.2, 0.25) is 0 Å². The zero-order valence-corrected chi connectivity index (χ0v) is 9.62. The molecule has 0 aliphatic heterocycles. The fourth-order valence-electron chi connectivity index (χ4n) is 1.22. The van der Waals surface area contributed by atoms with Crippen molar-refractivity contribution in [2.24, 2.45) is 4.99 Å². The second-order valence-corrected chi connectivity index (χ2v) is 3.66. The van der Waals surface area contributed by atoms with Crippen LogP contribution in [0.1, 0.15) is 25.0 Å². The minimum absolute atomic E-state index is 0.932. The molecule has 1 aromatic carbocycles. The van der Waals surface area contributed by atoms with Crippen LogP contribution < -0.4 is 0 Å². The van der Waals surface area contributed by atoms with Crippen LogP contribution in [-0.4, -0.2) is 5.71 Å². The van der Waals surface area contributed by atoms with E-state index in [2.05, 4.69) is 49.7 Å². The maximum atomic E-state index is 4.29. The van der Waals surface area contributed by atoms with E-state index in [0.29, 0.717) is 0 Å². The molecule has 0 unspecified atom stereocenters. The van der Waals surface area contributed by atoms with Gasteiger partial charge in [0.1, 0.15) is 0 Å². The predicted octanol–water partition coefficient (Wildman–Crippen LogP) is 4.00. The van der Waals surface area contributed by atoms with Gasteiger partial charge in [-0.15, -0.1) is 0 Å². The van der Waals surface area contributed by atoms with Crippen molar-refractivity contribution in [1.82, 2.24) is 0 Å². The van der Waals surface area contributed by atoms with Gasteiger partial charge in [-0.05, 0) is 38.0 Å². The van der Waals surface area contributed by atoms with E-state index in [0.717, 1.165) is 5.71 Å². The standard InChI is InChI=1S/C14H17N/c1-5-13(4)15-10-12(3)14-8-6-7-11(2)9-14/h5-10H,1H2,2-4H3/b12-10+,15-13-. The summed E-state index contributed by atoms with van der Waals surface area (Å²) in [6, 6.07) is 8.41. The normalized spacial score (nSPS) is 12.7. The number of hydrogen-bond acceptors (Lipinski definition) is 1. The Morgan fingerprint density at radius 1 is 1.33 bits per heavy atom. The average molecular weight is 199 g/mol. The van der Waals surface area contributed by atoms with Gasteiger partial charge in [-0.25, -0.2) is 0 Å². The molecule has 1 rings (SSSR count). The van der Waals surface area contributed by atoms with E-state index in [1.165, 1.54) is 16.7 Å². The van der Waals surface area contributed by atoms with E-state index < -0.39 is 0 Å². The minimum Gasteiger partial charge on any atom is -0.261 e. The molecule has 0 saturated heterocycles. The molecule has 1 nitrogen and oxygen atoms in total. The molecule has 0 spiro atoms. The molecule has 0 atom stereocenters. The third kappa shape index (κ3) is 3.55. The minimum atomic E-state index is 0.932. The van der Waals surface area contributed by atoms with Crippen molar-refractivity contribution >= 4 is 11.3 Å². The summed E-state index contributed by atoms with van der Waals surface area (Å²) in [4.78, 5) is 4.29. The number of aliphatic imine (C=N–C) groups is 1. The highest BCUT2D eigenvalue weighted by Gasteiger charge is 1.94. The van der Waals surface area contributed by atoms with Crippen LogP contribution in [0.4, 0.5) is 0 Å². The van der Waals surface area contributed by atoms with Crippen molar-refractivity contribution in [2.45, 2.75) is 20.8 Å². The SMILES string of the molecule is C=C/C(C)=N\C=C(/C)c1cccc(C)c1. The second-order valence-electron chi connectivity index (χ2n) is 3.66. The predicted molar refractivity (Wildman–Crippen MR) is 68.1 cm³/mol. The van der Waals surface area contributed by atoms with Crippen molar-refractivity contribution in [2.75, 3.05) is 0 Å². The Morgan fingerprint density at radius 3 is 2.67 bits per heavy atom. The number of nitrogens with zero attached hydrogens (tertiary/aromatic N) is 1. The summed E-state index contributed by atoms with van der Waals surface area (Å²) in [5.41, 5.74) is 4.59. The molecular weight excluding hydrogens is 182 g/mol. The largest absolute Gasteiger partial charge is 0.261 e. The highest BCUT2D eigenvalue weighted by molar-refractivity contribution is 5.93. The molecule has 0 radical (unpaired) electrons. The molecule has 0 aliphatic carbocycles. The Hall–Kier alpha value is -1.63. The summed E-state index contributed by atoms with van der Waals surface area (Å²) in [6.07, 6.45) is 3.63. The van der Waals surface area contributed by atoms with Gasteiger partial charge in [-0.2, -0.15) is 0 Å². The molecule has 0 amide bonds. The molecule has 0 saturated carbocycles. The van der Waals surface area contributed by atoms with Gasteiger partial charge in [0.25, 0.3) is 0 Å². The molecule has 0 aliphatic rings. The zero-order valence-electron chi connectivity index (χ0n) is 9.62. The van der Waals surface area contributed by atoms with E-state index in [1.807, 2.05) is 13.1 Å². The van der Waals surface area contributed by atoms with Crippen molar-refractivity contribution in [3.05, 3.63) is 54.2 Å². The number of hydrogen-bond donors (Lipinski definition) is 0. The number of benzene rings is 1. The van der Waals surface area contributed by atoms with Gasteiger partial charge >= 0.3 is 0 Å². The van der Waals surface area contributed by atoms with Gasteiger partial charge < -0.3 is 0 Å². The monoisotopic (exact) mass is 199 g/mol. The van der Waals surface area contributed by atoms with Crippen LogP contribution >= 0.6 is 0 Å². The maximum absolute atomic E-state index is 4.29. The quantitative estimate of drug-likeness (QED) is 0.652. The Labute approximate surface area is 91.9 Å². The van der Waals surface area contributed by atoms with Crippen LogP contribution in [0.2, 0.25) is 0 Å². The first-order valence-electron chi connectivity index (χ1n) is 5.04. The molecule has 0 aromatic heterocycles. The van der Waals surface area contributed by atoms with Crippen LogP contribution in [0.25, 0.3) is 5.57 Å². The molecule has 0 bridgehead atoms. The van der Waals surface area contributed by atoms with E-state index in [9.17, 15) is 0 Å². The van der Waals surface area contributed by atoms with Gasteiger partial charge in [-0.1, -0.05) is 36.4 Å². The summed E-state index contributed by atoms with van der Waals surface area (Å²) in [5, 5.41) is 0. The smallest absolute Gasteiger partial charge is 0.0366 e. The van der Waals surface area contributed by atoms with E-state index in [1.54, 1.807) is 6.08 Å². The van der Waals surface area contributed by atoms with Gasteiger partial charge in [-0.3, -0.25) is 4.99 Å². The Bertz CT molecular complexity index is 411. The molecule has 0 heterocycles. The fraction of sp³-hybridized carbons (Fsp3) is 0.214. The third-order valence-electron chi connectivity index (χ3n) is 2.23. The topological polar surface area (TPSA) is 12.4 Å². The summed E-state index contributed by atoms with van der Waals surface area (Å²) < 4.78 is 0. The Morgan fingerprint density at radius 2 is 2.07 bits per heavy atom. The second kappa shape index (κ2) is 5.30. The Kier molecular flexibility index (Phi) is 4.04. The lowest BCUT2D eigenvalue weighted by atomic mass is 10.1. The first-order chi connectivity index (χ1) is 7.13. The highest BCUT2D eigenvalue weighted by atomic mass is 14.7. The molecular formula is C14H17N. The van der Waals surface area contributed by atoms with Crippen LogP contribution in [0, 0.1) is 6.92 Å². The number of rotatable bonds is 3. The third-order valence-corrected chi connectivity index (χ3v) is 2.23. The fourth-order valence-corrected chi connectivity index (χ4v) is 1.22.